The average Bonchev–Trinajstić information content (AvgIpc) is 2.86. The van der Waals surface area contributed by atoms with Gasteiger partial charge >= 0.3 is 0 Å². The van der Waals surface area contributed by atoms with Crippen LogP contribution in [0.25, 0.3) is 10.8 Å². The van der Waals surface area contributed by atoms with E-state index in [1.165, 1.54) is 21.9 Å². The van der Waals surface area contributed by atoms with Gasteiger partial charge in [-0.1, -0.05) is 36.4 Å². The molecule has 1 aromatic heterocycles. The first-order chi connectivity index (χ1) is 9.29. The van der Waals surface area contributed by atoms with Gasteiger partial charge < -0.3 is 9.73 Å². The molecule has 0 aliphatic rings. The van der Waals surface area contributed by atoms with Crippen molar-refractivity contribution in [3.05, 3.63) is 71.7 Å². The second-order valence-corrected chi connectivity index (χ2v) is 4.80. The largest absolute Gasteiger partial charge is 0.467 e. The summed E-state index contributed by atoms with van der Waals surface area (Å²) in [4.78, 5) is 0. The van der Waals surface area contributed by atoms with Gasteiger partial charge in [0, 0.05) is 0 Å². The van der Waals surface area contributed by atoms with Crippen LogP contribution in [0.15, 0.2) is 59.2 Å². The molecule has 0 saturated carbocycles. The second-order valence-electron chi connectivity index (χ2n) is 4.80. The number of rotatable bonds is 3. The smallest absolute Gasteiger partial charge is 0.128 e. The van der Waals surface area contributed by atoms with Crippen LogP contribution in [-0.2, 0) is 0 Å². The molecule has 0 fully saturated rings. The summed E-state index contributed by atoms with van der Waals surface area (Å²) < 4.78 is 5.62. The number of nitrogens with one attached hydrogen (secondary N) is 1. The highest BCUT2D eigenvalue weighted by atomic mass is 16.3. The molecule has 0 amide bonds. The Morgan fingerprint density at radius 2 is 1.79 bits per heavy atom. The number of aryl methyl sites for hydroxylation is 1. The van der Waals surface area contributed by atoms with E-state index in [1.807, 2.05) is 13.1 Å². The summed E-state index contributed by atoms with van der Waals surface area (Å²) in [6.07, 6.45) is 1.75. The number of benzene rings is 2. The first-order valence-electron chi connectivity index (χ1n) is 6.49. The van der Waals surface area contributed by atoms with Gasteiger partial charge in [0.05, 0.1) is 12.3 Å². The zero-order chi connectivity index (χ0) is 13.2. The molecule has 1 heterocycles. The molecule has 19 heavy (non-hydrogen) atoms. The van der Waals surface area contributed by atoms with Crippen molar-refractivity contribution in [3.63, 3.8) is 0 Å². The predicted octanol–water partition coefficient (Wildman–Crippen LogP) is 4.05. The van der Waals surface area contributed by atoms with Crippen LogP contribution in [0.4, 0.5) is 0 Å². The standard InChI is InChI=1S/C17H17NO/c1-12-9-10-19-17(12)16(18-2)15-8-7-13-5-3-4-6-14(13)11-15/h3-11,16,18H,1-2H3. The number of hydrogen-bond acceptors (Lipinski definition) is 2. The van der Waals surface area contributed by atoms with Crippen LogP contribution >= 0.6 is 0 Å². The molecule has 0 spiro atoms. The number of furan rings is 1. The molecule has 3 aromatic rings. The van der Waals surface area contributed by atoms with Crippen molar-refractivity contribution in [2.75, 3.05) is 7.05 Å². The van der Waals surface area contributed by atoms with Crippen LogP contribution in [0.1, 0.15) is 22.9 Å². The molecular formula is C17H17NO. The van der Waals surface area contributed by atoms with E-state index < -0.39 is 0 Å². The van der Waals surface area contributed by atoms with Gasteiger partial charge in [0.1, 0.15) is 5.76 Å². The minimum absolute atomic E-state index is 0.0969. The molecule has 1 N–H and O–H groups in total. The van der Waals surface area contributed by atoms with E-state index in [0.29, 0.717) is 0 Å². The fourth-order valence-electron chi connectivity index (χ4n) is 2.52. The van der Waals surface area contributed by atoms with Crippen molar-refractivity contribution < 1.29 is 4.42 Å². The Hall–Kier alpha value is -2.06. The summed E-state index contributed by atoms with van der Waals surface area (Å²) in [5, 5.41) is 5.85. The second kappa shape index (κ2) is 4.90. The van der Waals surface area contributed by atoms with Gasteiger partial charge in [0.2, 0.25) is 0 Å². The van der Waals surface area contributed by atoms with Crippen molar-refractivity contribution in [1.82, 2.24) is 5.32 Å². The molecule has 2 heteroatoms. The lowest BCUT2D eigenvalue weighted by Gasteiger charge is -2.16. The molecule has 1 unspecified atom stereocenters. The number of fused-ring (bicyclic) bond motifs is 1. The molecule has 0 radical (unpaired) electrons. The van der Waals surface area contributed by atoms with E-state index in [0.717, 1.165) is 5.76 Å². The fourth-order valence-corrected chi connectivity index (χ4v) is 2.52. The summed E-state index contributed by atoms with van der Waals surface area (Å²) in [5.41, 5.74) is 2.40. The molecule has 2 aromatic carbocycles. The Balaban J connectivity index is 2.09. The maximum Gasteiger partial charge on any atom is 0.128 e. The van der Waals surface area contributed by atoms with E-state index in [-0.39, 0.29) is 6.04 Å². The van der Waals surface area contributed by atoms with E-state index in [4.69, 9.17) is 4.42 Å². The van der Waals surface area contributed by atoms with Crippen molar-refractivity contribution in [1.29, 1.82) is 0 Å². The lowest BCUT2D eigenvalue weighted by Crippen LogP contribution is -2.17. The molecule has 2 nitrogen and oxygen atoms in total. The van der Waals surface area contributed by atoms with E-state index in [1.54, 1.807) is 6.26 Å². The molecule has 0 saturated heterocycles. The maximum absolute atomic E-state index is 5.62. The molecule has 0 aliphatic heterocycles. The predicted molar refractivity (Wildman–Crippen MR) is 78.3 cm³/mol. The molecular weight excluding hydrogens is 234 g/mol. The SMILES string of the molecule is CNC(c1ccc2ccccc2c1)c1occc1C. The Morgan fingerprint density at radius 1 is 1.00 bits per heavy atom. The van der Waals surface area contributed by atoms with Gasteiger partial charge in [-0.3, -0.25) is 0 Å². The third-order valence-electron chi connectivity index (χ3n) is 3.56. The average molecular weight is 251 g/mol. The van der Waals surface area contributed by atoms with E-state index >= 15 is 0 Å². The Labute approximate surface area is 113 Å². The maximum atomic E-state index is 5.62. The topological polar surface area (TPSA) is 25.2 Å². The van der Waals surface area contributed by atoms with Crippen LogP contribution in [-0.4, -0.2) is 7.05 Å². The summed E-state index contributed by atoms with van der Waals surface area (Å²) in [7, 11) is 1.96. The van der Waals surface area contributed by atoms with Crippen molar-refractivity contribution >= 4 is 10.8 Å². The van der Waals surface area contributed by atoms with E-state index in [2.05, 4.69) is 54.7 Å². The first kappa shape index (κ1) is 12.0. The van der Waals surface area contributed by atoms with Crippen LogP contribution in [0.3, 0.4) is 0 Å². The first-order valence-corrected chi connectivity index (χ1v) is 6.49. The third-order valence-corrected chi connectivity index (χ3v) is 3.56. The van der Waals surface area contributed by atoms with Crippen LogP contribution in [0, 0.1) is 6.92 Å². The van der Waals surface area contributed by atoms with Gasteiger partial charge in [0.25, 0.3) is 0 Å². The Bertz CT molecular complexity index is 699. The highest BCUT2D eigenvalue weighted by molar-refractivity contribution is 5.83. The normalized spacial score (nSPS) is 12.7. The zero-order valence-corrected chi connectivity index (χ0v) is 11.2. The summed E-state index contributed by atoms with van der Waals surface area (Å²) >= 11 is 0. The molecule has 1 atom stereocenters. The summed E-state index contributed by atoms with van der Waals surface area (Å²) in [6, 6.07) is 17.0. The Morgan fingerprint density at radius 3 is 2.47 bits per heavy atom. The van der Waals surface area contributed by atoms with Gasteiger partial charge in [-0.15, -0.1) is 0 Å². The van der Waals surface area contributed by atoms with E-state index in [9.17, 15) is 0 Å². The Kier molecular flexibility index (Phi) is 3.10. The minimum Gasteiger partial charge on any atom is -0.467 e. The van der Waals surface area contributed by atoms with Gasteiger partial charge in [0.15, 0.2) is 0 Å². The monoisotopic (exact) mass is 251 g/mol. The summed E-state index contributed by atoms with van der Waals surface area (Å²) in [6.45, 7) is 2.07. The highest BCUT2D eigenvalue weighted by Gasteiger charge is 2.17. The molecule has 96 valence electrons. The fraction of sp³-hybridized carbons (Fsp3) is 0.176. The quantitative estimate of drug-likeness (QED) is 0.759. The van der Waals surface area contributed by atoms with Crippen LogP contribution < -0.4 is 5.32 Å². The van der Waals surface area contributed by atoms with Crippen molar-refractivity contribution in [3.8, 4) is 0 Å². The number of hydrogen-bond donors (Lipinski definition) is 1. The lowest BCUT2D eigenvalue weighted by atomic mass is 9.99. The van der Waals surface area contributed by atoms with Crippen molar-refractivity contribution in [2.45, 2.75) is 13.0 Å². The zero-order valence-electron chi connectivity index (χ0n) is 11.2. The van der Waals surface area contributed by atoms with Crippen LogP contribution in [0.2, 0.25) is 0 Å². The highest BCUT2D eigenvalue weighted by Crippen LogP contribution is 2.27. The summed E-state index contributed by atoms with van der Waals surface area (Å²) in [5.74, 6) is 0.984. The third kappa shape index (κ3) is 2.15. The molecule has 3 rings (SSSR count). The molecule has 0 bridgehead atoms. The van der Waals surface area contributed by atoms with Crippen LogP contribution in [0.5, 0.6) is 0 Å². The van der Waals surface area contributed by atoms with Gasteiger partial charge in [-0.25, -0.2) is 0 Å². The lowest BCUT2D eigenvalue weighted by molar-refractivity contribution is 0.460. The minimum atomic E-state index is 0.0969. The van der Waals surface area contributed by atoms with Gasteiger partial charge in [-0.05, 0) is 48.0 Å². The molecule has 0 aliphatic carbocycles. The van der Waals surface area contributed by atoms with Crippen molar-refractivity contribution in [2.24, 2.45) is 0 Å². The van der Waals surface area contributed by atoms with Gasteiger partial charge in [-0.2, -0.15) is 0 Å².